The quantitative estimate of drug-likeness (QED) is 0.820. The molecule has 2 rings (SSSR count). The van der Waals surface area contributed by atoms with Crippen LogP contribution in [0.5, 0.6) is 5.75 Å². The molecule has 1 aliphatic rings. The van der Waals surface area contributed by atoms with Gasteiger partial charge in [-0.2, -0.15) is 0 Å². The maximum Gasteiger partial charge on any atom is 0.335 e. The van der Waals surface area contributed by atoms with Gasteiger partial charge in [0.25, 0.3) is 0 Å². The average Bonchev–Trinajstić information content (AvgIpc) is 2.65. The summed E-state index contributed by atoms with van der Waals surface area (Å²) in [6, 6.07) is 6.04. The Morgan fingerprint density at radius 3 is 2.62 bits per heavy atom. The molecule has 1 amide bonds. The molecule has 84 valence electrons. The van der Waals surface area contributed by atoms with Crippen LogP contribution in [0.15, 0.2) is 24.3 Å². The Bertz CT molecular complexity index is 417. The number of amides is 1. The van der Waals surface area contributed by atoms with Gasteiger partial charge >= 0.3 is 5.97 Å². The first kappa shape index (κ1) is 10.8. The van der Waals surface area contributed by atoms with Crippen molar-refractivity contribution in [3.8, 4) is 5.75 Å². The van der Waals surface area contributed by atoms with E-state index in [1.807, 2.05) is 0 Å². The van der Waals surface area contributed by atoms with Crippen molar-refractivity contribution in [3.05, 3.63) is 29.8 Å². The summed E-state index contributed by atoms with van der Waals surface area (Å²) in [6.45, 7) is 0. The number of rotatable bonds is 3. The van der Waals surface area contributed by atoms with E-state index in [1.54, 1.807) is 12.1 Å². The van der Waals surface area contributed by atoms with Crippen LogP contribution < -0.4 is 10.1 Å². The normalized spacial score (nSPS) is 19.2. The molecule has 0 aromatic heterocycles. The number of hydrogen-bond acceptors (Lipinski definition) is 4. The zero-order valence-corrected chi connectivity index (χ0v) is 8.99. The van der Waals surface area contributed by atoms with E-state index in [2.05, 4.69) is 5.32 Å². The monoisotopic (exact) mass is 239 g/mol. The van der Waals surface area contributed by atoms with Gasteiger partial charge in [-0.25, -0.2) is 4.79 Å². The SMILES string of the molecule is O=C1CSC(Oc2ccc(C(=O)O)cc2)N1. The molecular weight excluding hydrogens is 230 g/mol. The Balaban J connectivity index is 2.00. The molecule has 5 nitrogen and oxygen atoms in total. The summed E-state index contributed by atoms with van der Waals surface area (Å²) in [7, 11) is 0. The van der Waals surface area contributed by atoms with Crippen LogP contribution >= 0.6 is 11.8 Å². The first-order valence-corrected chi connectivity index (χ1v) is 5.61. The van der Waals surface area contributed by atoms with Gasteiger partial charge in [-0.15, -0.1) is 0 Å². The van der Waals surface area contributed by atoms with Crippen molar-refractivity contribution in [1.29, 1.82) is 0 Å². The molecule has 1 heterocycles. The Morgan fingerprint density at radius 2 is 2.12 bits per heavy atom. The minimum atomic E-state index is -0.977. The molecule has 0 radical (unpaired) electrons. The number of benzene rings is 1. The lowest BCUT2D eigenvalue weighted by Crippen LogP contribution is -2.29. The van der Waals surface area contributed by atoms with Gasteiger partial charge in [-0.05, 0) is 24.3 Å². The third-order valence-corrected chi connectivity index (χ3v) is 2.93. The molecule has 1 aromatic rings. The van der Waals surface area contributed by atoms with Crippen molar-refractivity contribution in [3.63, 3.8) is 0 Å². The van der Waals surface area contributed by atoms with Crippen LogP contribution in [0.1, 0.15) is 10.4 Å². The molecule has 0 aliphatic carbocycles. The second-order valence-electron chi connectivity index (χ2n) is 3.16. The van der Waals surface area contributed by atoms with Crippen LogP contribution in [-0.4, -0.2) is 28.3 Å². The highest BCUT2D eigenvalue weighted by atomic mass is 32.2. The van der Waals surface area contributed by atoms with Crippen molar-refractivity contribution >= 4 is 23.6 Å². The van der Waals surface area contributed by atoms with Gasteiger partial charge in [-0.1, -0.05) is 11.8 Å². The molecule has 0 saturated carbocycles. The van der Waals surface area contributed by atoms with E-state index in [1.165, 1.54) is 23.9 Å². The van der Waals surface area contributed by atoms with Crippen LogP contribution in [0.25, 0.3) is 0 Å². The van der Waals surface area contributed by atoms with E-state index in [0.717, 1.165) is 0 Å². The minimum absolute atomic E-state index is 0.0582. The van der Waals surface area contributed by atoms with Crippen molar-refractivity contribution in [2.45, 2.75) is 5.56 Å². The summed E-state index contributed by atoms with van der Waals surface area (Å²) in [5.41, 5.74) is -0.182. The molecule has 1 unspecified atom stereocenters. The number of carbonyl (C=O) groups excluding carboxylic acids is 1. The number of carbonyl (C=O) groups is 2. The standard InChI is InChI=1S/C10H9NO4S/c12-8-5-16-10(11-8)15-7-3-1-6(2-4-7)9(13)14/h1-4,10H,5H2,(H,11,12)(H,13,14). The van der Waals surface area contributed by atoms with Crippen molar-refractivity contribution in [1.82, 2.24) is 5.32 Å². The predicted molar refractivity (Wildman–Crippen MR) is 58.4 cm³/mol. The van der Waals surface area contributed by atoms with Crippen LogP contribution in [-0.2, 0) is 4.79 Å². The molecule has 1 fully saturated rings. The lowest BCUT2D eigenvalue weighted by molar-refractivity contribution is -0.119. The number of thioether (sulfide) groups is 1. The summed E-state index contributed by atoms with van der Waals surface area (Å²) in [5.74, 6) is -0.116. The van der Waals surface area contributed by atoms with Crippen molar-refractivity contribution in [2.75, 3.05) is 5.75 Å². The smallest absolute Gasteiger partial charge is 0.335 e. The number of hydrogen-bond donors (Lipinski definition) is 2. The number of carboxylic acid groups (broad SMARTS) is 1. The summed E-state index contributed by atoms with van der Waals surface area (Å²) in [5, 5.41) is 11.3. The first-order chi connectivity index (χ1) is 7.65. The first-order valence-electron chi connectivity index (χ1n) is 4.56. The summed E-state index contributed by atoms with van der Waals surface area (Å²) in [6.07, 6.45) is 0. The van der Waals surface area contributed by atoms with E-state index < -0.39 is 5.97 Å². The zero-order valence-electron chi connectivity index (χ0n) is 8.17. The van der Waals surface area contributed by atoms with E-state index in [9.17, 15) is 9.59 Å². The second-order valence-corrected chi connectivity index (χ2v) is 4.21. The van der Waals surface area contributed by atoms with Crippen molar-refractivity contribution < 1.29 is 19.4 Å². The Kier molecular flexibility index (Phi) is 3.00. The highest BCUT2D eigenvalue weighted by Crippen LogP contribution is 2.20. The maximum atomic E-state index is 10.9. The molecular formula is C10H9NO4S. The minimum Gasteiger partial charge on any atom is -0.478 e. The molecule has 0 spiro atoms. The van der Waals surface area contributed by atoms with Crippen molar-refractivity contribution in [2.24, 2.45) is 0 Å². The van der Waals surface area contributed by atoms with Crippen LogP contribution in [0.4, 0.5) is 0 Å². The maximum absolute atomic E-state index is 10.9. The Hall–Kier alpha value is -1.69. The Labute approximate surface area is 95.8 Å². The fraction of sp³-hybridized carbons (Fsp3) is 0.200. The summed E-state index contributed by atoms with van der Waals surface area (Å²) in [4.78, 5) is 21.5. The second kappa shape index (κ2) is 4.44. The third kappa shape index (κ3) is 2.46. The molecule has 1 aromatic carbocycles. The van der Waals surface area contributed by atoms with Gasteiger partial charge in [0.15, 0.2) is 0 Å². The van der Waals surface area contributed by atoms with E-state index >= 15 is 0 Å². The number of aromatic carboxylic acids is 1. The number of carboxylic acids is 1. The number of nitrogens with one attached hydrogen (secondary N) is 1. The van der Waals surface area contributed by atoms with Gasteiger partial charge in [0.2, 0.25) is 11.5 Å². The van der Waals surface area contributed by atoms with E-state index in [-0.39, 0.29) is 17.0 Å². The molecule has 6 heteroatoms. The fourth-order valence-electron chi connectivity index (χ4n) is 1.23. The van der Waals surface area contributed by atoms with Gasteiger partial charge in [0.1, 0.15) is 5.75 Å². The molecule has 1 saturated heterocycles. The van der Waals surface area contributed by atoms with Crippen LogP contribution in [0.3, 0.4) is 0 Å². The summed E-state index contributed by atoms with van der Waals surface area (Å²) < 4.78 is 5.42. The van der Waals surface area contributed by atoms with E-state index in [4.69, 9.17) is 9.84 Å². The fourth-order valence-corrected chi connectivity index (χ4v) is 2.01. The third-order valence-electron chi connectivity index (χ3n) is 1.99. The highest BCUT2D eigenvalue weighted by molar-refractivity contribution is 8.00. The largest absolute Gasteiger partial charge is 0.478 e. The van der Waals surface area contributed by atoms with E-state index in [0.29, 0.717) is 11.5 Å². The Morgan fingerprint density at radius 1 is 1.44 bits per heavy atom. The topological polar surface area (TPSA) is 75.6 Å². The van der Waals surface area contributed by atoms with Gasteiger partial charge in [0.05, 0.1) is 11.3 Å². The lowest BCUT2D eigenvalue weighted by Gasteiger charge is -2.12. The van der Waals surface area contributed by atoms with Crippen LogP contribution in [0.2, 0.25) is 0 Å². The number of ether oxygens (including phenoxy) is 1. The summed E-state index contributed by atoms with van der Waals surface area (Å²) >= 11 is 1.36. The molecule has 16 heavy (non-hydrogen) atoms. The van der Waals surface area contributed by atoms with Gasteiger partial charge in [-0.3, -0.25) is 4.79 Å². The van der Waals surface area contributed by atoms with Crippen LogP contribution in [0, 0.1) is 0 Å². The highest BCUT2D eigenvalue weighted by Gasteiger charge is 2.22. The lowest BCUT2D eigenvalue weighted by atomic mass is 10.2. The molecule has 2 N–H and O–H groups in total. The molecule has 1 atom stereocenters. The predicted octanol–water partition coefficient (Wildman–Crippen LogP) is 0.910. The molecule has 1 aliphatic heterocycles. The molecule has 0 bridgehead atoms. The zero-order chi connectivity index (χ0) is 11.5. The average molecular weight is 239 g/mol. The van der Waals surface area contributed by atoms with Gasteiger partial charge < -0.3 is 15.2 Å². The van der Waals surface area contributed by atoms with Gasteiger partial charge in [0, 0.05) is 0 Å².